The minimum atomic E-state index is -0.692. The van der Waals surface area contributed by atoms with Crippen LogP contribution in [0.15, 0.2) is 45.3 Å². The second-order valence-corrected chi connectivity index (χ2v) is 4.69. The minimum absolute atomic E-state index is 0.0344. The van der Waals surface area contributed by atoms with Crippen LogP contribution in [0.5, 0.6) is 0 Å². The Morgan fingerprint density at radius 3 is 2.68 bits per heavy atom. The molecular weight excluding hydrogens is 286 g/mol. The van der Waals surface area contributed by atoms with Crippen molar-refractivity contribution in [2.24, 2.45) is 0 Å². The number of hydrogen-bond acceptors (Lipinski definition) is 7. The number of carbonyl (C=O) groups is 1. The third kappa shape index (κ3) is 2.88. The smallest absolute Gasteiger partial charge is 0.377 e. The lowest BCUT2D eigenvalue weighted by atomic mass is 10.2. The van der Waals surface area contributed by atoms with Gasteiger partial charge in [0, 0.05) is 11.6 Å². The van der Waals surface area contributed by atoms with Crippen molar-refractivity contribution in [3.63, 3.8) is 0 Å². The first-order valence-electron chi connectivity index (χ1n) is 6.66. The molecule has 7 heteroatoms. The van der Waals surface area contributed by atoms with Crippen molar-refractivity contribution >= 4 is 5.97 Å². The first kappa shape index (κ1) is 14.0. The number of nitrogens with zero attached hydrogens (tertiary/aromatic N) is 3. The molecule has 2 heterocycles. The largest absolute Gasteiger partial charge is 0.447 e. The third-order valence-corrected chi connectivity index (χ3v) is 2.92. The molecule has 0 saturated carbocycles. The van der Waals surface area contributed by atoms with Crippen LogP contribution in [0.25, 0.3) is 11.5 Å². The first-order valence-corrected chi connectivity index (χ1v) is 6.66. The predicted octanol–water partition coefficient (Wildman–Crippen LogP) is 2.95. The van der Waals surface area contributed by atoms with Gasteiger partial charge < -0.3 is 13.7 Å². The number of rotatable bonds is 4. The molecule has 7 nitrogen and oxygen atoms in total. The number of ether oxygens (including phenoxy) is 1. The van der Waals surface area contributed by atoms with Gasteiger partial charge in [0.05, 0.1) is 5.69 Å². The van der Waals surface area contributed by atoms with Crippen molar-refractivity contribution in [1.82, 2.24) is 15.4 Å². The van der Waals surface area contributed by atoms with Gasteiger partial charge >= 0.3 is 5.97 Å². The highest BCUT2D eigenvalue weighted by molar-refractivity contribution is 5.86. The summed E-state index contributed by atoms with van der Waals surface area (Å²) in [5.41, 5.74) is 1.40. The van der Waals surface area contributed by atoms with Crippen molar-refractivity contribution in [2.75, 3.05) is 0 Å². The summed E-state index contributed by atoms with van der Waals surface area (Å²) in [4.78, 5) is 11.9. The van der Waals surface area contributed by atoms with E-state index in [1.165, 1.54) is 6.07 Å². The lowest BCUT2D eigenvalue weighted by molar-refractivity contribution is 0.0235. The van der Waals surface area contributed by atoms with E-state index in [0.29, 0.717) is 11.6 Å². The van der Waals surface area contributed by atoms with Crippen LogP contribution < -0.4 is 0 Å². The lowest BCUT2D eigenvalue weighted by Gasteiger charge is -2.06. The van der Waals surface area contributed by atoms with E-state index in [1.54, 1.807) is 13.8 Å². The van der Waals surface area contributed by atoms with Crippen LogP contribution in [0, 0.1) is 6.92 Å². The average Bonchev–Trinajstić information content (AvgIpc) is 3.17. The van der Waals surface area contributed by atoms with E-state index in [2.05, 4.69) is 15.4 Å². The topological polar surface area (TPSA) is 91.2 Å². The molecule has 0 saturated heterocycles. The van der Waals surface area contributed by atoms with Crippen LogP contribution in [-0.4, -0.2) is 21.3 Å². The molecule has 0 aliphatic carbocycles. The number of benzene rings is 1. The molecular formula is C15H13N3O4. The molecule has 0 amide bonds. The van der Waals surface area contributed by atoms with Gasteiger partial charge in [0.1, 0.15) is 0 Å². The van der Waals surface area contributed by atoms with E-state index in [9.17, 15) is 4.79 Å². The molecule has 2 aromatic heterocycles. The third-order valence-electron chi connectivity index (χ3n) is 2.92. The number of esters is 1. The molecule has 22 heavy (non-hydrogen) atoms. The molecule has 3 aromatic rings. The van der Waals surface area contributed by atoms with Gasteiger partial charge in [-0.3, -0.25) is 0 Å². The Balaban J connectivity index is 1.72. The molecule has 112 valence electrons. The highest BCUT2D eigenvalue weighted by Crippen LogP contribution is 2.22. The Labute approximate surface area is 125 Å². The lowest BCUT2D eigenvalue weighted by Crippen LogP contribution is -2.08. The maximum absolute atomic E-state index is 11.9. The summed E-state index contributed by atoms with van der Waals surface area (Å²) in [6.07, 6.45) is -0.692. The van der Waals surface area contributed by atoms with Crippen molar-refractivity contribution in [3.05, 3.63) is 53.7 Å². The molecule has 1 atom stereocenters. The zero-order valence-electron chi connectivity index (χ0n) is 12.0. The zero-order valence-corrected chi connectivity index (χ0v) is 12.0. The van der Waals surface area contributed by atoms with Crippen molar-refractivity contribution in [1.29, 1.82) is 0 Å². The fourth-order valence-corrected chi connectivity index (χ4v) is 1.83. The van der Waals surface area contributed by atoms with E-state index < -0.39 is 12.1 Å². The van der Waals surface area contributed by atoms with E-state index in [-0.39, 0.29) is 11.7 Å². The number of aromatic nitrogens is 3. The number of carbonyl (C=O) groups excluding carboxylic acids is 1. The van der Waals surface area contributed by atoms with Gasteiger partial charge in [-0.05, 0) is 26.0 Å². The molecule has 0 aliphatic rings. The van der Waals surface area contributed by atoms with E-state index in [4.69, 9.17) is 13.7 Å². The summed E-state index contributed by atoms with van der Waals surface area (Å²) in [6.45, 7) is 3.36. The van der Waals surface area contributed by atoms with Gasteiger partial charge in [0.15, 0.2) is 6.10 Å². The average molecular weight is 299 g/mol. The maximum Gasteiger partial charge on any atom is 0.377 e. The molecule has 0 bridgehead atoms. The molecule has 0 N–H and O–H groups in total. The van der Waals surface area contributed by atoms with Crippen LogP contribution in [0.4, 0.5) is 0 Å². The Morgan fingerprint density at radius 1 is 1.23 bits per heavy atom. The van der Waals surface area contributed by atoms with Crippen molar-refractivity contribution < 1.29 is 18.5 Å². The minimum Gasteiger partial charge on any atom is -0.447 e. The van der Waals surface area contributed by atoms with Gasteiger partial charge in [-0.2, -0.15) is 0 Å². The van der Waals surface area contributed by atoms with Gasteiger partial charge in [-0.1, -0.05) is 23.4 Å². The zero-order chi connectivity index (χ0) is 15.5. The van der Waals surface area contributed by atoms with Crippen LogP contribution >= 0.6 is 0 Å². The summed E-state index contributed by atoms with van der Waals surface area (Å²) in [7, 11) is 0. The van der Waals surface area contributed by atoms with Crippen molar-refractivity contribution in [3.8, 4) is 11.5 Å². The summed E-state index contributed by atoms with van der Waals surface area (Å²) in [6, 6.07) is 10.8. The fraction of sp³-hybridized carbons (Fsp3) is 0.200. The highest BCUT2D eigenvalue weighted by Gasteiger charge is 2.22. The van der Waals surface area contributed by atoms with Crippen LogP contribution in [-0.2, 0) is 4.74 Å². The van der Waals surface area contributed by atoms with E-state index in [0.717, 1.165) is 5.56 Å². The Hall–Kier alpha value is -2.96. The Bertz CT molecular complexity index is 779. The predicted molar refractivity (Wildman–Crippen MR) is 74.8 cm³/mol. The van der Waals surface area contributed by atoms with Gasteiger partial charge in [0.2, 0.25) is 11.7 Å². The monoisotopic (exact) mass is 299 g/mol. The maximum atomic E-state index is 11.9. The molecule has 0 fully saturated rings. The quantitative estimate of drug-likeness (QED) is 0.684. The summed E-state index contributed by atoms with van der Waals surface area (Å²) in [5.74, 6) is -0.0165. The molecule has 0 spiro atoms. The second-order valence-electron chi connectivity index (χ2n) is 4.69. The van der Waals surface area contributed by atoms with Gasteiger partial charge in [-0.25, -0.2) is 4.79 Å². The number of aryl methyl sites for hydroxylation is 1. The number of hydrogen-bond donors (Lipinski definition) is 0. The van der Waals surface area contributed by atoms with Crippen molar-refractivity contribution in [2.45, 2.75) is 20.0 Å². The molecule has 3 rings (SSSR count). The SMILES string of the molecule is Cc1cc(C(=O)O[C@@H](C)c2nnc(-c3ccccc3)o2)on1. The molecule has 0 aliphatic heterocycles. The Morgan fingerprint density at radius 2 is 2.00 bits per heavy atom. The Kier molecular flexibility index (Phi) is 3.69. The summed E-state index contributed by atoms with van der Waals surface area (Å²) in [5, 5.41) is 11.5. The van der Waals surface area contributed by atoms with E-state index in [1.807, 2.05) is 30.3 Å². The first-order chi connectivity index (χ1) is 10.6. The van der Waals surface area contributed by atoms with Gasteiger partial charge in [-0.15, -0.1) is 10.2 Å². The van der Waals surface area contributed by atoms with Crippen LogP contribution in [0.2, 0.25) is 0 Å². The second kappa shape index (κ2) is 5.80. The normalized spacial score (nSPS) is 12.1. The molecule has 0 radical (unpaired) electrons. The molecule has 1 aromatic carbocycles. The molecule has 0 unspecified atom stereocenters. The summed E-state index contributed by atoms with van der Waals surface area (Å²) >= 11 is 0. The fourth-order valence-electron chi connectivity index (χ4n) is 1.83. The van der Waals surface area contributed by atoms with Crippen LogP contribution in [0.3, 0.4) is 0 Å². The highest BCUT2D eigenvalue weighted by atomic mass is 16.6. The summed E-state index contributed by atoms with van der Waals surface area (Å²) < 4.78 is 15.6. The van der Waals surface area contributed by atoms with Gasteiger partial charge in [0.25, 0.3) is 5.89 Å². The van der Waals surface area contributed by atoms with E-state index >= 15 is 0 Å². The standard InChI is InChI=1S/C15H13N3O4/c1-9-8-12(22-18-9)15(19)20-10(2)13-16-17-14(21-13)11-6-4-3-5-7-11/h3-8,10H,1-2H3/t10-/m0/s1. The van der Waals surface area contributed by atoms with Crippen LogP contribution in [0.1, 0.15) is 35.2 Å².